The van der Waals surface area contributed by atoms with Crippen LogP contribution in [-0.2, 0) is 19.1 Å². The number of thioether (sulfide) groups is 1. The second kappa shape index (κ2) is 8.94. The third-order valence-electron chi connectivity index (χ3n) is 3.46. The Morgan fingerprint density at radius 2 is 1.48 bits per heavy atom. The molecule has 0 aliphatic heterocycles. The highest BCUT2D eigenvalue weighted by Gasteiger charge is 2.12. The quantitative estimate of drug-likeness (QED) is 0.483. The molecule has 2 rings (SSSR count). The fourth-order valence-electron chi connectivity index (χ4n) is 2.12. The van der Waals surface area contributed by atoms with E-state index in [4.69, 9.17) is 0 Å². The maximum absolute atomic E-state index is 11.8. The van der Waals surface area contributed by atoms with Gasteiger partial charge in [-0.05, 0) is 41.6 Å². The molecule has 0 heterocycles. The summed E-state index contributed by atoms with van der Waals surface area (Å²) in [6, 6.07) is 15.8. The molecule has 0 spiro atoms. The summed E-state index contributed by atoms with van der Waals surface area (Å²) >= 11 is 1.70. The summed E-state index contributed by atoms with van der Waals surface area (Å²) in [5, 5.41) is 2.87. The van der Waals surface area contributed by atoms with E-state index >= 15 is 0 Å². The topological polar surface area (TPSA) is 64.6 Å². The first kappa shape index (κ1) is 18.6. The van der Waals surface area contributed by atoms with Crippen LogP contribution in [0.5, 0.6) is 0 Å². The van der Waals surface area contributed by atoms with Crippen molar-refractivity contribution in [3.63, 3.8) is 0 Å². The zero-order valence-corrected chi connectivity index (χ0v) is 15.1. The lowest BCUT2D eigenvalue weighted by molar-refractivity contribution is -0.138. The Morgan fingerprint density at radius 3 is 1.96 bits per heavy atom. The van der Waals surface area contributed by atoms with E-state index in [0.29, 0.717) is 5.69 Å². The molecule has 0 saturated heterocycles. The molecular weight excluding hydrogens is 338 g/mol. The van der Waals surface area contributed by atoms with Gasteiger partial charge in [-0.3, -0.25) is 0 Å². The van der Waals surface area contributed by atoms with Crippen molar-refractivity contribution < 1.29 is 19.1 Å². The average Bonchev–Trinajstić information content (AvgIpc) is 2.67. The van der Waals surface area contributed by atoms with Crippen molar-refractivity contribution in [1.82, 2.24) is 0 Å². The van der Waals surface area contributed by atoms with Crippen molar-refractivity contribution in [2.75, 3.05) is 25.8 Å². The van der Waals surface area contributed by atoms with E-state index in [1.54, 1.807) is 11.8 Å². The summed E-state index contributed by atoms with van der Waals surface area (Å²) in [6.45, 7) is 0. The van der Waals surface area contributed by atoms with Crippen LogP contribution in [0.15, 0.2) is 65.2 Å². The number of carbonyl (C=O) groups excluding carboxylic acids is 2. The lowest BCUT2D eigenvalue weighted by Crippen LogP contribution is -2.15. The number of hydrogen-bond donors (Lipinski definition) is 1. The van der Waals surface area contributed by atoms with Crippen LogP contribution in [0, 0.1) is 0 Å². The van der Waals surface area contributed by atoms with Crippen molar-refractivity contribution >= 4 is 29.4 Å². The fraction of sp³-hybridized carbons (Fsp3) is 0.158. The van der Waals surface area contributed by atoms with E-state index < -0.39 is 11.9 Å². The van der Waals surface area contributed by atoms with Crippen molar-refractivity contribution in [2.45, 2.75) is 4.90 Å². The predicted molar refractivity (Wildman–Crippen MR) is 99.4 cm³/mol. The van der Waals surface area contributed by atoms with Gasteiger partial charge in [0.1, 0.15) is 5.70 Å². The second-order valence-electron chi connectivity index (χ2n) is 5.00. The number of rotatable bonds is 6. The highest BCUT2D eigenvalue weighted by atomic mass is 32.2. The summed E-state index contributed by atoms with van der Waals surface area (Å²) in [6.07, 6.45) is 3.09. The molecule has 0 saturated carbocycles. The smallest absolute Gasteiger partial charge is 0.354 e. The molecular formula is C19H19NO4S. The Bertz CT molecular complexity index is 767. The zero-order valence-electron chi connectivity index (χ0n) is 14.2. The number of esters is 2. The van der Waals surface area contributed by atoms with Crippen molar-refractivity contribution in [3.05, 3.63) is 60.3 Å². The van der Waals surface area contributed by atoms with Gasteiger partial charge < -0.3 is 14.8 Å². The minimum absolute atomic E-state index is 0.00595. The molecule has 1 N–H and O–H groups in total. The third-order valence-corrected chi connectivity index (χ3v) is 4.20. The van der Waals surface area contributed by atoms with E-state index in [1.165, 1.54) is 19.1 Å². The van der Waals surface area contributed by atoms with Gasteiger partial charge in [-0.15, -0.1) is 11.8 Å². The fourth-order valence-corrected chi connectivity index (χ4v) is 2.53. The molecule has 0 aromatic heterocycles. The Morgan fingerprint density at radius 1 is 0.920 bits per heavy atom. The minimum Gasteiger partial charge on any atom is -0.466 e. The summed E-state index contributed by atoms with van der Waals surface area (Å²) in [5.74, 6) is -1.29. The first-order chi connectivity index (χ1) is 12.1. The molecule has 25 heavy (non-hydrogen) atoms. The number of ether oxygens (including phenoxy) is 2. The lowest BCUT2D eigenvalue weighted by atomic mass is 10.1. The van der Waals surface area contributed by atoms with Crippen molar-refractivity contribution in [2.24, 2.45) is 0 Å². The maximum Gasteiger partial charge on any atom is 0.354 e. The molecule has 0 aliphatic rings. The standard InChI is InChI=1S/C19H19NO4S/c1-23-18(21)12-17(19(22)24-2)20-15-8-4-13(5-9-15)14-6-10-16(25-3)11-7-14/h4-12,20H,1-3H3/b17-12+. The molecule has 0 aliphatic carbocycles. The molecule has 0 amide bonds. The number of benzene rings is 2. The molecule has 5 nitrogen and oxygen atoms in total. The van der Waals surface area contributed by atoms with E-state index in [-0.39, 0.29) is 5.70 Å². The van der Waals surface area contributed by atoms with Crippen LogP contribution < -0.4 is 5.32 Å². The Labute approximate surface area is 151 Å². The molecule has 2 aromatic rings. The molecule has 0 bridgehead atoms. The normalized spacial score (nSPS) is 10.9. The Kier molecular flexibility index (Phi) is 6.65. The van der Waals surface area contributed by atoms with Crippen LogP contribution in [0.3, 0.4) is 0 Å². The average molecular weight is 357 g/mol. The van der Waals surface area contributed by atoms with E-state index in [0.717, 1.165) is 17.2 Å². The summed E-state index contributed by atoms with van der Waals surface area (Å²) in [5.41, 5.74) is 2.81. The Balaban J connectivity index is 2.18. The van der Waals surface area contributed by atoms with E-state index in [1.807, 2.05) is 30.5 Å². The van der Waals surface area contributed by atoms with Gasteiger partial charge in [-0.25, -0.2) is 9.59 Å². The van der Waals surface area contributed by atoms with Gasteiger partial charge >= 0.3 is 11.9 Å². The van der Waals surface area contributed by atoms with Gasteiger partial charge in [0.25, 0.3) is 0 Å². The van der Waals surface area contributed by atoms with Crippen molar-refractivity contribution in [1.29, 1.82) is 0 Å². The van der Waals surface area contributed by atoms with Gasteiger partial charge in [0.05, 0.1) is 20.3 Å². The number of anilines is 1. The zero-order chi connectivity index (χ0) is 18.2. The number of carbonyl (C=O) groups is 2. The molecule has 0 unspecified atom stereocenters. The monoisotopic (exact) mass is 357 g/mol. The van der Waals surface area contributed by atoms with Crippen LogP contribution >= 0.6 is 11.8 Å². The summed E-state index contributed by atoms with van der Waals surface area (Å²) in [4.78, 5) is 24.3. The van der Waals surface area contributed by atoms with Gasteiger partial charge in [0.15, 0.2) is 0 Å². The molecule has 2 aromatic carbocycles. The maximum atomic E-state index is 11.8. The predicted octanol–water partition coefficient (Wildman–Crippen LogP) is 3.72. The van der Waals surface area contributed by atoms with E-state index in [2.05, 4.69) is 39.1 Å². The van der Waals surface area contributed by atoms with Crippen molar-refractivity contribution in [3.8, 4) is 11.1 Å². The largest absolute Gasteiger partial charge is 0.466 e. The first-order valence-corrected chi connectivity index (χ1v) is 8.69. The highest BCUT2D eigenvalue weighted by Crippen LogP contribution is 2.24. The van der Waals surface area contributed by atoms with Gasteiger partial charge in [-0.2, -0.15) is 0 Å². The van der Waals surface area contributed by atoms with Crippen LogP contribution in [0.1, 0.15) is 0 Å². The second-order valence-corrected chi connectivity index (χ2v) is 5.88. The highest BCUT2D eigenvalue weighted by molar-refractivity contribution is 7.98. The summed E-state index contributed by atoms with van der Waals surface area (Å²) in [7, 11) is 2.49. The molecule has 0 fully saturated rings. The van der Waals surface area contributed by atoms with Gasteiger partial charge in [-0.1, -0.05) is 24.3 Å². The SMILES string of the molecule is COC(=O)/C=C(/Nc1ccc(-c2ccc(SC)cc2)cc1)C(=O)OC. The first-order valence-electron chi connectivity index (χ1n) is 7.47. The number of nitrogens with one attached hydrogen (secondary N) is 1. The van der Waals surface area contributed by atoms with E-state index in [9.17, 15) is 9.59 Å². The number of methoxy groups -OCH3 is 2. The van der Waals surface area contributed by atoms with Gasteiger partial charge in [0, 0.05) is 10.6 Å². The van der Waals surface area contributed by atoms with Gasteiger partial charge in [0.2, 0.25) is 0 Å². The molecule has 130 valence electrons. The van der Waals surface area contributed by atoms with Crippen LogP contribution in [0.4, 0.5) is 5.69 Å². The molecule has 0 radical (unpaired) electrons. The molecule has 0 atom stereocenters. The third kappa shape index (κ3) is 5.12. The molecule has 6 heteroatoms. The van der Waals surface area contributed by atoms with Crippen LogP contribution in [-0.4, -0.2) is 32.4 Å². The summed E-state index contributed by atoms with van der Waals surface area (Å²) < 4.78 is 9.21. The minimum atomic E-state index is -0.651. The van der Waals surface area contributed by atoms with Crippen LogP contribution in [0.25, 0.3) is 11.1 Å². The number of hydrogen-bond acceptors (Lipinski definition) is 6. The lowest BCUT2D eigenvalue weighted by Gasteiger charge is -2.10. The van der Waals surface area contributed by atoms with Crippen LogP contribution in [0.2, 0.25) is 0 Å². The Hall–Kier alpha value is -2.73.